The van der Waals surface area contributed by atoms with Gasteiger partial charge in [0.2, 0.25) is 0 Å². The third kappa shape index (κ3) is 1.63. The second kappa shape index (κ2) is 3.94. The van der Waals surface area contributed by atoms with Crippen LogP contribution in [0.3, 0.4) is 0 Å². The van der Waals surface area contributed by atoms with Crippen molar-refractivity contribution in [3.05, 3.63) is 18.3 Å². The molecule has 2 aliphatic rings. The first kappa shape index (κ1) is 9.90. The molecule has 1 aromatic rings. The van der Waals surface area contributed by atoms with Crippen LogP contribution in [0.2, 0.25) is 0 Å². The third-order valence-corrected chi connectivity index (χ3v) is 3.58. The van der Waals surface area contributed by atoms with Crippen molar-refractivity contribution in [1.82, 2.24) is 4.98 Å². The second-order valence-corrected chi connectivity index (χ2v) is 4.54. The molecule has 4 heteroatoms. The Balaban J connectivity index is 1.85. The van der Waals surface area contributed by atoms with Crippen LogP contribution in [0.4, 0.5) is 11.5 Å². The average Bonchev–Trinajstić information content (AvgIpc) is 2.78. The molecule has 3 rings (SSSR count). The van der Waals surface area contributed by atoms with Gasteiger partial charge in [0, 0.05) is 6.54 Å². The van der Waals surface area contributed by atoms with Gasteiger partial charge in [0.15, 0.2) is 0 Å². The Labute approximate surface area is 95.4 Å². The van der Waals surface area contributed by atoms with Crippen molar-refractivity contribution in [3.8, 4) is 0 Å². The van der Waals surface area contributed by atoms with Crippen LogP contribution >= 0.6 is 0 Å². The molecule has 0 aromatic carbocycles. The lowest BCUT2D eigenvalue weighted by molar-refractivity contribution is 0.0256. The maximum Gasteiger partial charge on any atom is 0.123 e. The molecule has 4 nitrogen and oxygen atoms in total. The van der Waals surface area contributed by atoms with Crippen molar-refractivity contribution in [1.29, 1.82) is 0 Å². The highest BCUT2D eigenvalue weighted by atomic mass is 16.5. The number of hydrogen-bond acceptors (Lipinski definition) is 4. The monoisotopic (exact) mass is 219 g/mol. The lowest BCUT2D eigenvalue weighted by atomic mass is 10.1. The molecule has 1 aromatic heterocycles. The van der Waals surface area contributed by atoms with Gasteiger partial charge in [-0.3, -0.25) is 0 Å². The lowest BCUT2D eigenvalue weighted by Crippen LogP contribution is -2.48. The number of morpholine rings is 1. The van der Waals surface area contributed by atoms with E-state index in [4.69, 9.17) is 10.5 Å². The Bertz CT molecular complexity index is 365. The average molecular weight is 219 g/mol. The van der Waals surface area contributed by atoms with Gasteiger partial charge in [0.05, 0.1) is 30.6 Å². The maximum atomic E-state index is 5.79. The second-order valence-electron chi connectivity index (χ2n) is 4.54. The van der Waals surface area contributed by atoms with Crippen LogP contribution in [0, 0.1) is 0 Å². The number of hydrogen-bond donors (Lipinski definition) is 1. The maximum absolute atomic E-state index is 5.79. The van der Waals surface area contributed by atoms with E-state index < -0.39 is 0 Å². The van der Waals surface area contributed by atoms with Crippen molar-refractivity contribution in [2.45, 2.75) is 31.4 Å². The number of aromatic nitrogens is 1. The standard InChI is InChI=1S/C12H17N3O/c13-12-5-4-9(8-14-12)15-6-7-16-11-3-1-2-10(11)15/h4-5,8,10-11H,1-3,6-7H2,(H2,13,14). The summed E-state index contributed by atoms with van der Waals surface area (Å²) in [5, 5.41) is 0. The molecule has 2 N–H and O–H groups in total. The van der Waals surface area contributed by atoms with E-state index in [0.717, 1.165) is 13.2 Å². The largest absolute Gasteiger partial charge is 0.384 e. The van der Waals surface area contributed by atoms with E-state index in [1.807, 2.05) is 12.3 Å². The summed E-state index contributed by atoms with van der Waals surface area (Å²) in [4.78, 5) is 6.59. The molecule has 0 spiro atoms. The number of nitrogens with two attached hydrogens (primary N) is 1. The highest BCUT2D eigenvalue weighted by Crippen LogP contribution is 2.32. The topological polar surface area (TPSA) is 51.4 Å². The molecule has 1 aliphatic carbocycles. The molecule has 16 heavy (non-hydrogen) atoms. The summed E-state index contributed by atoms with van der Waals surface area (Å²) in [6, 6.07) is 4.47. The van der Waals surface area contributed by atoms with E-state index in [9.17, 15) is 0 Å². The van der Waals surface area contributed by atoms with Crippen LogP contribution in [0.1, 0.15) is 19.3 Å². The van der Waals surface area contributed by atoms with E-state index in [1.54, 1.807) is 0 Å². The number of ether oxygens (including phenoxy) is 1. The normalized spacial score (nSPS) is 29.1. The van der Waals surface area contributed by atoms with Gasteiger partial charge < -0.3 is 15.4 Å². The zero-order valence-electron chi connectivity index (χ0n) is 9.30. The smallest absolute Gasteiger partial charge is 0.123 e. The van der Waals surface area contributed by atoms with E-state index in [1.165, 1.54) is 24.9 Å². The van der Waals surface area contributed by atoms with Crippen molar-refractivity contribution in [2.75, 3.05) is 23.8 Å². The Morgan fingerprint density at radius 1 is 1.38 bits per heavy atom. The van der Waals surface area contributed by atoms with E-state index in [2.05, 4.69) is 16.0 Å². The van der Waals surface area contributed by atoms with Crippen LogP contribution in [0.5, 0.6) is 0 Å². The highest BCUT2D eigenvalue weighted by molar-refractivity contribution is 5.49. The van der Waals surface area contributed by atoms with Gasteiger partial charge in [-0.2, -0.15) is 0 Å². The number of anilines is 2. The summed E-state index contributed by atoms with van der Waals surface area (Å²) in [6.45, 7) is 1.79. The van der Waals surface area contributed by atoms with E-state index in [0.29, 0.717) is 18.0 Å². The molecule has 1 saturated carbocycles. The first-order valence-electron chi connectivity index (χ1n) is 5.94. The van der Waals surface area contributed by atoms with Crippen LogP contribution in [0.15, 0.2) is 18.3 Å². The fourth-order valence-corrected chi connectivity index (χ4v) is 2.81. The Hall–Kier alpha value is -1.29. The van der Waals surface area contributed by atoms with Gasteiger partial charge in [-0.15, -0.1) is 0 Å². The predicted molar refractivity (Wildman–Crippen MR) is 63.4 cm³/mol. The molecular weight excluding hydrogens is 202 g/mol. The predicted octanol–water partition coefficient (Wildman–Crippen LogP) is 1.42. The van der Waals surface area contributed by atoms with Crippen LogP contribution in [-0.4, -0.2) is 30.3 Å². The molecule has 1 saturated heterocycles. The zero-order chi connectivity index (χ0) is 11.0. The van der Waals surface area contributed by atoms with Crippen molar-refractivity contribution in [2.24, 2.45) is 0 Å². The quantitative estimate of drug-likeness (QED) is 0.776. The number of fused-ring (bicyclic) bond motifs is 1. The summed E-state index contributed by atoms with van der Waals surface area (Å²) in [6.07, 6.45) is 5.99. The van der Waals surface area contributed by atoms with Gasteiger partial charge in [0.1, 0.15) is 5.82 Å². The first-order chi connectivity index (χ1) is 7.84. The zero-order valence-corrected chi connectivity index (χ0v) is 9.30. The Morgan fingerprint density at radius 3 is 3.12 bits per heavy atom. The van der Waals surface area contributed by atoms with E-state index >= 15 is 0 Å². The van der Waals surface area contributed by atoms with Gasteiger partial charge in [-0.05, 0) is 31.4 Å². The minimum absolute atomic E-state index is 0.423. The summed E-state index contributed by atoms with van der Waals surface area (Å²) < 4.78 is 5.79. The molecule has 2 unspecified atom stereocenters. The molecule has 1 aliphatic heterocycles. The molecule has 86 valence electrons. The van der Waals surface area contributed by atoms with Gasteiger partial charge >= 0.3 is 0 Å². The third-order valence-electron chi connectivity index (χ3n) is 3.58. The van der Waals surface area contributed by atoms with Crippen LogP contribution in [-0.2, 0) is 4.74 Å². The van der Waals surface area contributed by atoms with Crippen LogP contribution < -0.4 is 10.6 Å². The first-order valence-corrected chi connectivity index (χ1v) is 5.94. The van der Waals surface area contributed by atoms with Gasteiger partial charge in [-0.25, -0.2) is 4.98 Å². The molecule has 2 atom stereocenters. The van der Waals surface area contributed by atoms with Crippen molar-refractivity contribution >= 4 is 11.5 Å². The SMILES string of the molecule is Nc1ccc(N2CCOC3CCCC32)cn1. The Morgan fingerprint density at radius 2 is 2.31 bits per heavy atom. The van der Waals surface area contributed by atoms with E-state index in [-0.39, 0.29) is 0 Å². The van der Waals surface area contributed by atoms with Crippen molar-refractivity contribution in [3.63, 3.8) is 0 Å². The highest BCUT2D eigenvalue weighted by Gasteiger charge is 2.36. The van der Waals surface area contributed by atoms with Gasteiger partial charge in [-0.1, -0.05) is 0 Å². The molecule has 2 fully saturated rings. The number of nitrogen functional groups attached to an aromatic ring is 1. The molecule has 0 bridgehead atoms. The summed E-state index contributed by atoms with van der Waals surface area (Å²) in [5.74, 6) is 0.583. The minimum atomic E-state index is 0.423. The van der Waals surface area contributed by atoms with Crippen molar-refractivity contribution < 1.29 is 4.74 Å². The summed E-state index contributed by atoms with van der Waals surface area (Å²) in [7, 11) is 0. The molecular formula is C12H17N3O. The molecule has 0 radical (unpaired) electrons. The summed E-state index contributed by atoms with van der Waals surface area (Å²) in [5.41, 5.74) is 6.78. The fraction of sp³-hybridized carbons (Fsp3) is 0.583. The van der Waals surface area contributed by atoms with Crippen LogP contribution in [0.25, 0.3) is 0 Å². The Kier molecular flexibility index (Phi) is 2.44. The number of nitrogens with zero attached hydrogens (tertiary/aromatic N) is 2. The lowest BCUT2D eigenvalue weighted by Gasteiger charge is -2.39. The summed E-state index contributed by atoms with van der Waals surface area (Å²) >= 11 is 0. The van der Waals surface area contributed by atoms with Gasteiger partial charge in [0.25, 0.3) is 0 Å². The molecule has 0 amide bonds. The number of rotatable bonds is 1. The minimum Gasteiger partial charge on any atom is -0.384 e. The fourth-order valence-electron chi connectivity index (χ4n) is 2.81. The molecule has 2 heterocycles. The number of pyridine rings is 1.